The van der Waals surface area contributed by atoms with Gasteiger partial charge in [0, 0.05) is 25.2 Å². The molecule has 3 heteroatoms. The Bertz CT molecular complexity index is 172. The molecule has 0 spiro atoms. The molecule has 3 nitrogen and oxygen atoms in total. The van der Waals surface area contributed by atoms with Crippen LogP contribution in [0.1, 0.15) is 26.7 Å². The molecule has 1 saturated heterocycles. The first-order valence-electron chi connectivity index (χ1n) is 6.25. The molecule has 15 heavy (non-hydrogen) atoms. The van der Waals surface area contributed by atoms with Crippen LogP contribution in [0, 0.1) is 0 Å². The molecule has 0 aliphatic carbocycles. The predicted octanol–water partition coefficient (Wildman–Crippen LogP) is 1.01. The summed E-state index contributed by atoms with van der Waals surface area (Å²) >= 11 is 0. The lowest BCUT2D eigenvalue weighted by Crippen LogP contribution is -2.48. The highest BCUT2D eigenvalue weighted by Gasteiger charge is 2.21. The lowest BCUT2D eigenvalue weighted by molar-refractivity contribution is 0.127. The van der Waals surface area contributed by atoms with Crippen molar-refractivity contribution in [3.05, 3.63) is 0 Å². The third-order valence-electron chi connectivity index (χ3n) is 3.34. The molecule has 0 aromatic rings. The minimum absolute atomic E-state index is 0.604. The Labute approximate surface area is 94.8 Å². The fourth-order valence-electron chi connectivity index (χ4n) is 2.49. The summed E-state index contributed by atoms with van der Waals surface area (Å²) in [6.45, 7) is 9.17. The second-order valence-electron chi connectivity index (χ2n) is 4.96. The van der Waals surface area contributed by atoms with Crippen molar-refractivity contribution in [1.29, 1.82) is 0 Å². The van der Waals surface area contributed by atoms with Crippen LogP contribution in [0.5, 0.6) is 0 Å². The first-order valence-corrected chi connectivity index (χ1v) is 6.25. The van der Waals surface area contributed by atoms with Gasteiger partial charge in [-0.1, -0.05) is 6.92 Å². The van der Waals surface area contributed by atoms with Gasteiger partial charge in [-0.25, -0.2) is 0 Å². The van der Waals surface area contributed by atoms with Gasteiger partial charge in [-0.2, -0.15) is 0 Å². The standard InChI is InChI=1S/C12H27N3/c1-5-13-11(2)9-15(4)12-7-6-8-14(3)10-12/h11-13H,5-10H2,1-4H3. The first-order chi connectivity index (χ1) is 7.13. The van der Waals surface area contributed by atoms with Gasteiger partial charge in [0.05, 0.1) is 0 Å². The van der Waals surface area contributed by atoms with Gasteiger partial charge in [-0.3, -0.25) is 0 Å². The fraction of sp³-hybridized carbons (Fsp3) is 1.00. The molecule has 1 aliphatic rings. The molecule has 1 heterocycles. The molecule has 0 saturated carbocycles. The zero-order valence-corrected chi connectivity index (χ0v) is 10.8. The third-order valence-corrected chi connectivity index (χ3v) is 3.34. The molecule has 0 radical (unpaired) electrons. The van der Waals surface area contributed by atoms with Crippen LogP contribution in [-0.2, 0) is 0 Å². The maximum atomic E-state index is 3.47. The van der Waals surface area contributed by atoms with Crippen LogP contribution in [0.4, 0.5) is 0 Å². The molecule has 1 rings (SSSR count). The maximum Gasteiger partial charge on any atom is 0.0221 e. The second-order valence-corrected chi connectivity index (χ2v) is 4.96. The lowest BCUT2D eigenvalue weighted by atomic mass is 10.0. The molecule has 0 aromatic carbocycles. The summed E-state index contributed by atoms with van der Waals surface area (Å²) in [5.74, 6) is 0. The normalized spacial score (nSPS) is 25.8. The van der Waals surface area contributed by atoms with Crippen LogP contribution in [0.25, 0.3) is 0 Å². The van der Waals surface area contributed by atoms with E-state index in [1.165, 1.54) is 25.9 Å². The molecule has 2 unspecified atom stereocenters. The van der Waals surface area contributed by atoms with E-state index in [0.29, 0.717) is 6.04 Å². The van der Waals surface area contributed by atoms with Gasteiger partial charge < -0.3 is 15.1 Å². The zero-order valence-electron chi connectivity index (χ0n) is 10.8. The van der Waals surface area contributed by atoms with Gasteiger partial charge in [-0.15, -0.1) is 0 Å². The van der Waals surface area contributed by atoms with E-state index in [9.17, 15) is 0 Å². The van der Waals surface area contributed by atoms with Crippen molar-refractivity contribution in [1.82, 2.24) is 15.1 Å². The average molecular weight is 213 g/mol. The summed E-state index contributed by atoms with van der Waals surface area (Å²) in [6.07, 6.45) is 2.71. The monoisotopic (exact) mass is 213 g/mol. The van der Waals surface area contributed by atoms with E-state index in [-0.39, 0.29) is 0 Å². The van der Waals surface area contributed by atoms with Gasteiger partial charge >= 0.3 is 0 Å². The van der Waals surface area contributed by atoms with Crippen LogP contribution in [-0.4, -0.2) is 62.2 Å². The number of nitrogens with zero attached hydrogens (tertiary/aromatic N) is 2. The Hall–Kier alpha value is -0.120. The number of rotatable bonds is 5. The average Bonchev–Trinajstić information content (AvgIpc) is 2.18. The molecule has 0 amide bonds. The summed E-state index contributed by atoms with van der Waals surface area (Å²) in [7, 11) is 4.49. The van der Waals surface area contributed by atoms with Gasteiger partial charge in [-0.05, 0) is 47.0 Å². The van der Waals surface area contributed by atoms with Crippen LogP contribution < -0.4 is 5.32 Å². The number of likely N-dealkylation sites (N-methyl/N-ethyl adjacent to an activating group) is 3. The number of nitrogens with one attached hydrogen (secondary N) is 1. The number of likely N-dealkylation sites (tertiary alicyclic amines) is 1. The molecule has 1 aliphatic heterocycles. The largest absolute Gasteiger partial charge is 0.313 e. The maximum absolute atomic E-state index is 3.47. The highest BCUT2D eigenvalue weighted by atomic mass is 15.2. The van der Waals surface area contributed by atoms with Crippen LogP contribution in [0.15, 0.2) is 0 Å². The van der Waals surface area contributed by atoms with Crippen molar-refractivity contribution in [3.8, 4) is 0 Å². The smallest absolute Gasteiger partial charge is 0.0221 e. The Morgan fingerprint density at radius 3 is 2.87 bits per heavy atom. The molecule has 1 fully saturated rings. The van der Waals surface area contributed by atoms with Crippen molar-refractivity contribution >= 4 is 0 Å². The topological polar surface area (TPSA) is 18.5 Å². The summed E-state index contributed by atoms with van der Waals surface area (Å²) < 4.78 is 0. The van der Waals surface area contributed by atoms with Crippen molar-refractivity contribution in [2.24, 2.45) is 0 Å². The number of piperidine rings is 1. The van der Waals surface area contributed by atoms with E-state index in [1.54, 1.807) is 0 Å². The minimum Gasteiger partial charge on any atom is -0.313 e. The first kappa shape index (κ1) is 12.9. The van der Waals surface area contributed by atoms with Gasteiger partial charge in [0.15, 0.2) is 0 Å². The van der Waals surface area contributed by atoms with Crippen molar-refractivity contribution in [2.45, 2.75) is 38.8 Å². The molecule has 1 N–H and O–H groups in total. The van der Waals surface area contributed by atoms with Crippen LogP contribution in [0.2, 0.25) is 0 Å². The quantitative estimate of drug-likeness (QED) is 0.735. The molecular weight excluding hydrogens is 186 g/mol. The van der Waals surface area contributed by atoms with Gasteiger partial charge in [0.2, 0.25) is 0 Å². The second kappa shape index (κ2) is 6.46. The Balaban J connectivity index is 2.28. The summed E-state index contributed by atoms with van der Waals surface area (Å²) in [4.78, 5) is 4.96. The van der Waals surface area contributed by atoms with Crippen molar-refractivity contribution < 1.29 is 0 Å². The SMILES string of the molecule is CCNC(C)CN(C)C1CCCN(C)C1. The summed E-state index contributed by atoms with van der Waals surface area (Å²) in [6, 6.07) is 1.36. The fourth-order valence-corrected chi connectivity index (χ4v) is 2.49. The van der Waals surface area contributed by atoms with Gasteiger partial charge in [0.1, 0.15) is 0 Å². The summed E-state index contributed by atoms with van der Waals surface area (Å²) in [5.41, 5.74) is 0. The lowest BCUT2D eigenvalue weighted by Gasteiger charge is -2.37. The van der Waals surface area contributed by atoms with E-state index >= 15 is 0 Å². The van der Waals surface area contributed by atoms with Gasteiger partial charge in [0.25, 0.3) is 0 Å². The molecule has 0 aromatic heterocycles. The number of hydrogen-bond acceptors (Lipinski definition) is 3. The van der Waals surface area contributed by atoms with E-state index in [2.05, 4.69) is 43.1 Å². The van der Waals surface area contributed by atoms with E-state index in [1.807, 2.05) is 0 Å². The van der Waals surface area contributed by atoms with Crippen LogP contribution >= 0.6 is 0 Å². The Morgan fingerprint density at radius 1 is 1.53 bits per heavy atom. The highest BCUT2D eigenvalue weighted by molar-refractivity contribution is 4.79. The number of hydrogen-bond donors (Lipinski definition) is 1. The van der Waals surface area contributed by atoms with E-state index in [0.717, 1.165) is 19.1 Å². The van der Waals surface area contributed by atoms with Crippen molar-refractivity contribution in [3.63, 3.8) is 0 Å². The highest BCUT2D eigenvalue weighted by Crippen LogP contribution is 2.13. The van der Waals surface area contributed by atoms with Crippen LogP contribution in [0.3, 0.4) is 0 Å². The molecular formula is C12H27N3. The molecule has 2 atom stereocenters. The Morgan fingerprint density at radius 2 is 2.27 bits per heavy atom. The van der Waals surface area contributed by atoms with E-state index in [4.69, 9.17) is 0 Å². The van der Waals surface area contributed by atoms with Crippen molar-refractivity contribution in [2.75, 3.05) is 40.3 Å². The van der Waals surface area contributed by atoms with E-state index < -0.39 is 0 Å². The third kappa shape index (κ3) is 4.49. The minimum atomic E-state index is 0.604. The molecule has 0 bridgehead atoms. The zero-order chi connectivity index (χ0) is 11.3. The Kier molecular flexibility index (Phi) is 5.58. The molecule has 90 valence electrons. The predicted molar refractivity (Wildman–Crippen MR) is 66.3 cm³/mol. The summed E-state index contributed by atoms with van der Waals surface area (Å²) in [5, 5.41) is 3.47.